The van der Waals surface area contributed by atoms with Crippen LogP contribution in [-0.2, 0) is 11.4 Å². The molecule has 0 radical (unpaired) electrons. The van der Waals surface area contributed by atoms with Crippen LogP contribution in [0.5, 0.6) is 11.5 Å². The number of aryl methyl sites for hydroxylation is 2. The number of carbonyl (C=O) groups is 1. The first-order valence-corrected chi connectivity index (χ1v) is 9.73. The summed E-state index contributed by atoms with van der Waals surface area (Å²) in [5.74, 6) is 1.69. The number of hydrogen-bond acceptors (Lipinski definition) is 5. The van der Waals surface area contributed by atoms with Gasteiger partial charge in [-0.2, -0.15) is 0 Å². The summed E-state index contributed by atoms with van der Waals surface area (Å²) < 4.78 is 17.4. The van der Waals surface area contributed by atoms with Crippen molar-refractivity contribution < 1.29 is 18.8 Å². The first-order valence-electron chi connectivity index (χ1n) is 8.93. The van der Waals surface area contributed by atoms with E-state index in [-0.39, 0.29) is 5.91 Å². The van der Waals surface area contributed by atoms with Gasteiger partial charge in [-0.3, -0.25) is 4.79 Å². The second kappa shape index (κ2) is 9.43. The molecule has 1 aromatic heterocycles. The van der Waals surface area contributed by atoms with Crippen LogP contribution in [0.15, 0.2) is 57.5 Å². The van der Waals surface area contributed by atoms with Gasteiger partial charge in [-0.15, -0.1) is 0 Å². The first kappa shape index (κ1) is 20.7. The van der Waals surface area contributed by atoms with Crippen molar-refractivity contribution in [2.45, 2.75) is 20.5 Å². The molecule has 1 N–H and O–H groups in total. The molecule has 6 nitrogen and oxygen atoms in total. The van der Waals surface area contributed by atoms with Crippen molar-refractivity contribution in [3.05, 3.63) is 75.6 Å². The van der Waals surface area contributed by atoms with E-state index in [1.54, 1.807) is 13.2 Å². The summed E-state index contributed by atoms with van der Waals surface area (Å²) in [5, 5.41) is 6.73. The normalized spacial score (nSPS) is 10.9. The van der Waals surface area contributed by atoms with Gasteiger partial charge in [-0.1, -0.05) is 27.2 Å². The molecule has 0 spiro atoms. The van der Waals surface area contributed by atoms with Gasteiger partial charge in [0, 0.05) is 16.2 Å². The van der Waals surface area contributed by atoms with Crippen molar-refractivity contribution >= 4 is 33.6 Å². The first-order chi connectivity index (χ1) is 14.0. The summed E-state index contributed by atoms with van der Waals surface area (Å²) in [4.78, 5) is 12.1. The second-order valence-electron chi connectivity index (χ2n) is 6.33. The predicted molar refractivity (Wildman–Crippen MR) is 115 cm³/mol. The van der Waals surface area contributed by atoms with Gasteiger partial charge in [-0.25, -0.2) is 0 Å². The number of nitrogens with zero attached hydrogens (tertiary/aromatic N) is 1. The lowest BCUT2D eigenvalue weighted by Gasteiger charge is -2.11. The van der Waals surface area contributed by atoms with Crippen molar-refractivity contribution in [3.8, 4) is 11.5 Å². The Labute approximate surface area is 177 Å². The summed E-state index contributed by atoms with van der Waals surface area (Å²) in [7, 11) is 1.58. The summed E-state index contributed by atoms with van der Waals surface area (Å²) in [6.45, 7) is 4.06. The maximum Gasteiger partial charge on any atom is 0.248 e. The molecular formula is C22H21BrN2O4. The summed E-state index contributed by atoms with van der Waals surface area (Å²) >= 11 is 3.36. The van der Waals surface area contributed by atoms with E-state index < -0.39 is 0 Å². The van der Waals surface area contributed by atoms with Crippen molar-refractivity contribution in [1.82, 2.24) is 5.16 Å². The Hall–Kier alpha value is -3.06. The van der Waals surface area contributed by atoms with Crippen LogP contribution in [0.25, 0.3) is 6.08 Å². The largest absolute Gasteiger partial charge is 0.493 e. The molecule has 0 aliphatic heterocycles. The third-order valence-corrected chi connectivity index (χ3v) is 4.81. The molecule has 7 heteroatoms. The Balaban J connectivity index is 1.65. The topological polar surface area (TPSA) is 73.6 Å². The number of ether oxygens (including phenoxy) is 2. The van der Waals surface area contributed by atoms with Gasteiger partial charge in [0.25, 0.3) is 0 Å². The molecule has 29 heavy (non-hydrogen) atoms. The van der Waals surface area contributed by atoms with E-state index in [0.29, 0.717) is 18.1 Å². The zero-order chi connectivity index (χ0) is 20.8. The molecule has 0 bridgehead atoms. The average Bonchev–Trinajstić information content (AvgIpc) is 3.04. The van der Waals surface area contributed by atoms with Crippen molar-refractivity contribution in [1.29, 1.82) is 0 Å². The number of carbonyl (C=O) groups excluding carboxylic acids is 1. The monoisotopic (exact) mass is 456 g/mol. The van der Waals surface area contributed by atoms with E-state index >= 15 is 0 Å². The van der Waals surface area contributed by atoms with E-state index in [4.69, 9.17) is 14.0 Å². The van der Waals surface area contributed by atoms with E-state index in [1.165, 1.54) is 6.08 Å². The Morgan fingerprint density at radius 1 is 1.17 bits per heavy atom. The number of methoxy groups -OCH3 is 1. The van der Waals surface area contributed by atoms with Gasteiger partial charge in [0.1, 0.15) is 12.4 Å². The van der Waals surface area contributed by atoms with Gasteiger partial charge in [0.2, 0.25) is 5.91 Å². The molecule has 0 saturated carbocycles. The van der Waals surface area contributed by atoms with E-state index in [9.17, 15) is 4.79 Å². The zero-order valence-electron chi connectivity index (χ0n) is 16.4. The van der Waals surface area contributed by atoms with E-state index in [0.717, 1.165) is 32.7 Å². The minimum Gasteiger partial charge on any atom is -0.493 e. The predicted octanol–water partition coefficient (Wildman–Crippen LogP) is 5.29. The van der Waals surface area contributed by atoms with Crippen molar-refractivity contribution in [2.75, 3.05) is 12.4 Å². The standard InChI is InChI=1S/C22H21BrN2O4/c1-14-19(15(2)29-25-14)13-28-20-10-4-16(12-21(20)27-3)5-11-22(26)24-18-8-6-17(23)7-9-18/h4-12H,13H2,1-3H3,(H,24,26). The zero-order valence-corrected chi connectivity index (χ0v) is 17.9. The fourth-order valence-electron chi connectivity index (χ4n) is 2.65. The number of amides is 1. The molecule has 150 valence electrons. The van der Waals surface area contributed by atoms with Gasteiger partial charge < -0.3 is 19.3 Å². The average molecular weight is 457 g/mol. The fraction of sp³-hybridized carbons (Fsp3) is 0.182. The van der Waals surface area contributed by atoms with E-state index in [2.05, 4.69) is 26.4 Å². The Kier molecular flexibility index (Phi) is 6.72. The van der Waals surface area contributed by atoms with Crippen LogP contribution in [0.4, 0.5) is 5.69 Å². The molecule has 0 unspecified atom stereocenters. The lowest BCUT2D eigenvalue weighted by molar-refractivity contribution is -0.111. The van der Waals surface area contributed by atoms with Crippen LogP contribution < -0.4 is 14.8 Å². The number of rotatable bonds is 7. The van der Waals surface area contributed by atoms with E-state index in [1.807, 2.05) is 56.3 Å². The summed E-state index contributed by atoms with van der Waals surface area (Å²) in [5.41, 5.74) is 3.26. The molecule has 3 rings (SSSR count). The van der Waals surface area contributed by atoms with Crippen molar-refractivity contribution in [3.63, 3.8) is 0 Å². The SMILES string of the molecule is COc1cc(C=CC(=O)Nc2ccc(Br)cc2)ccc1OCc1c(C)noc1C. The smallest absolute Gasteiger partial charge is 0.248 e. The number of benzene rings is 2. The van der Waals surface area contributed by atoms with Crippen LogP contribution >= 0.6 is 15.9 Å². The van der Waals surface area contributed by atoms with Crippen molar-refractivity contribution in [2.24, 2.45) is 0 Å². The summed E-state index contributed by atoms with van der Waals surface area (Å²) in [6, 6.07) is 12.9. The van der Waals surface area contributed by atoms with Crippen LogP contribution in [0, 0.1) is 13.8 Å². The molecule has 2 aromatic carbocycles. The number of halogens is 1. The molecule has 1 heterocycles. The summed E-state index contributed by atoms with van der Waals surface area (Å²) in [6.07, 6.45) is 3.19. The molecule has 1 amide bonds. The highest BCUT2D eigenvalue weighted by molar-refractivity contribution is 9.10. The Morgan fingerprint density at radius 3 is 2.59 bits per heavy atom. The van der Waals surface area contributed by atoms with Gasteiger partial charge in [-0.05, 0) is 61.9 Å². The molecule has 0 aliphatic rings. The highest BCUT2D eigenvalue weighted by Gasteiger charge is 2.12. The minimum absolute atomic E-state index is 0.218. The third-order valence-electron chi connectivity index (χ3n) is 4.28. The van der Waals surface area contributed by atoms with Crippen LogP contribution in [-0.4, -0.2) is 18.2 Å². The van der Waals surface area contributed by atoms with Crippen LogP contribution in [0.3, 0.4) is 0 Å². The Bertz CT molecular complexity index is 1010. The minimum atomic E-state index is -0.218. The highest BCUT2D eigenvalue weighted by Crippen LogP contribution is 2.30. The third kappa shape index (κ3) is 5.48. The molecule has 0 aliphatic carbocycles. The quantitative estimate of drug-likeness (QED) is 0.488. The highest BCUT2D eigenvalue weighted by atomic mass is 79.9. The van der Waals surface area contributed by atoms with Gasteiger partial charge in [0.05, 0.1) is 18.4 Å². The lowest BCUT2D eigenvalue weighted by Crippen LogP contribution is -2.07. The Morgan fingerprint density at radius 2 is 1.93 bits per heavy atom. The molecule has 0 atom stereocenters. The number of aromatic nitrogens is 1. The van der Waals surface area contributed by atoms with Crippen LogP contribution in [0.1, 0.15) is 22.6 Å². The molecule has 3 aromatic rings. The second-order valence-corrected chi connectivity index (χ2v) is 7.25. The number of anilines is 1. The van der Waals surface area contributed by atoms with Crippen LogP contribution in [0.2, 0.25) is 0 Å². The lowest BCUT2D eigenvalue weighted by atomic mass is 10.2. The molecule has 0 saturated heterocycles. The maximum absolute atomic E-state index is 12.1. The number of hydrogen-bond donors (Lipinski definition) is 1. The fourth-order valence-corrected chi connectivity index (χ4v) is 2.92. The van der Waals surface area contributed by atoms with Gasteiger partial charge in [0.15, 0.2) is 11.5 Å². The molecular weight excluding hydrogens is 436 g/mol. The molecule has 0 fully saturated rings. The van der Waals surface area contributed by atoms with Gasteiger partial charge >= 0.3 is 0 Å². The number of nitrogens with one attached hydrogen (secondary N) is 1. The maximum atomic E-state index is 12.1.